The van der Waals surface area contributed by atoms with Gasteiger partial charge in [0.1, 0.15) is 5.25 Å². The van der Waals surface area contributed by atoms with Crippen molar-refractivity contribution >= 4 is 16.8 Å². The topological polar surface area (TPSA) is 54.4 Å². The van der Waals surface area contributed by atoms with Crippen LogP contribution in [0.2, 0.25) is 0 Å². The largest absolute Gasteiger partial charge is 0.480 e. The standard InChI is InChI=1S/C14H20O3S/c1-9(2)13(14(15)16)18(17)8-12-7-10(3)5-6-11(12)4/h5-7,9,13H,8H2,1-4H3,(H,15,16)/t13-,18+/m1/s1. The first kappa shape index (κ1) is 14.9. The lowest BCUT2D eigenvalue weighted by atomic mass is 10.1. The van der Waals surface area contributed by atoms with Gasteiger partial charge in [-0.3, -0.25) is 9.00 Å². The van der Waals surface area contributed by atoms with Gasteiger partial charge in [0.05, 0.1) is 0 Å². The number of hydrogen-bond acceptors (Lipinski definition) is 2. The molecule has 0 aliphatic heterocycles. The van der Waals surface area contributed by atoms with E-state index in [9.17, 15) is 9.00 Å². The number of benzene rings is 1. The van der Waals surface area contributed by atoms with Gasteiger partial charge in [0.25, 0.3) is 0 Å². The van der Waals surface area contributed by atoms with Crippen LogP contribution in [0.3, 0.4) is 0 Å². The van der Waals surface area contributed by atoms with Crippen molar-refractivity contribution in [2.24, 2.45) is 5.92 Å². The van der Waals surface area contributed by atoms with E-state index in [0.29, 0.717) is 5.75 Å². The first-order valence-electron chi connectivity index (χ1n) is 5.99. The molecule has 1 aromatic carbocycles. The van der Waals surface area contributed by atoms with Crippen molar-refractivity contribution in [3.05, 3.63) is 34.9 Å². The Hall–Kier alpha value is -1.16. The third-order valence-corrected chi connectivity index (χ3v) is 4.84. The van der Waals surface area contributed by atoms with Gasteiger partial charge >= 0.3 is 5.97 Å². The van der Waals surface area contributed by atoms with Crippen LogP contribution in [0.25, 0.3) is 0 Å². The Labute approximate surface area is 111 Å². The van der Waals surface area contributed by atoms with Crippen LogP contribution in [0.4, 0.5) is 0 Å². The summed E-state index contributed by atoms with van der Waals surface area (Å²) in [6, 6.07) is 5.96. The van der Waals surface area contributed by atoms with Gasteiger partial charge in [-0.05, 0) is 30.9 Å². The van der Waals surface area contributed by atoms with Gasteiger partial charge in [0.2, 0.25) is 0 Å². The maximum Gasteiger partial charge on any atom is 0.319 e. The SMILES string of the molecule is Cc1ccc(C)c(C[S@](=O)[C@@H](C(=O)O)C(C)C)c1. The minimum Gasteiger partial charge on any atom is -0.480 e. The Balaban J connectivity index is 2.92. The van der Waals surface area contributed by atoms with E-state index in [1.807, 2.05) is 32.0 Å². The predicted octanol–water partition coefficient (Wildman–Crippen LogP) is 2.66. The summed E-state index contributed by atoms with van der Waals surface area (Å²) < 4.78 is 12.2. The van der Waals surface area contributed by atoms with Crippen molar-refractivity contribution in [3.8, 4) is 0 Å². The lowest BCUT2D eigenvalue weighted by Gasteiger charge is -2.16. The number of carboxylic acid groups (broad SMARTS) is 1. The molecule has 0 heterocycles. The van der Waals surface area contributed by atoms with Gasteiger partial charge in [0, 0.05) is 16.6 Å². The number of rotatable bonds is 5. The molecular formula is C14H20O3S. The van der Waals surface area contributed by atoms with E-state index in [1.165, 1.54) is 0 Å². The molecule has 0 unspecified atom stereocenters. The maximum atomic E-state index is 12.2. The predicted molar refractivity (Wildman–Crippen MR) is 74.0 cm³/mol. The number of aliphatic carboxylic acids is 1. The fourth-order valence-electron chi connectivity index (χ4n) is 1.90. The molecule has 0 amide bonds. The zero-order valence-corrected chi connectivity index (χ0v) is 12.1. The molecule has 18 heavy (non-hydrogen) atoms. The highest BCUT2D eigenvalue weighted by Crippen LogP contribution is 2.18. The summed E-state index contributed by atoms with van der Waals surface area (Å²) in [6.45, 7) is 7.51. The lowest BCUT2D eigenvalue weighted by Crippen LogP contribution is -2.31. The molecule has 4 heteroatoms. The average molecular weight is 268 g/mol. The molecular weight excluding hydrogens is 248 g/mol. The first-order valence-corrected chi connectivity index (χ1v) is 7.37. The maximum absolute atomic E-state index is 12.2. The number of aryl methyl sites for hydroxylation is 2. The molecule has 1 rings (SSSR count). The van der Waals surface area contributed by atoms with Gasteiger partial charge in [-0.15, -0.1) is 0 Å². The molecule has 0 radical (unpaired) electrons. The average Bonchev–Trinajstić information content (AvgIpc) is 2.22. The summed E-state index contributed by atoms with van der Waals surface area (Å²) in [5.74, 6) is -0.801. The van der Waals surface area contributed by atoms with Crippen LogP contribution < -0.4 is 0 Å². The van der Waals surface area contributed by atoms with Crippen LogP contribution in [-0.2, 0) is 21.3 Å². The highest BCUT2D eigenvalue weighted by molar-refractivity contribution is 7.85. The zero-order chi connectivity index (χ0) is 13.9. The van der Waals surface area contributed by atoms with E-state index in [1.54, 1.807) is 13.8 Å². The molecule has 0 fully saturated rings. The Morgan fingerprint density at radius 3 is 2.44 bits per heavy atom. The van der Waals surface area contributed by atoms with E-state index in [4.69, 9.17) is 5.11 Å². The van der Waals surface area contributed by atoms with Crippen LogP contribution in [0, 0.1) is 19.8 Å². The molecule has 1 aromatic rings. The zero-order valence-electron chi connectivity index (χ0n) is 11.3. The van der Waals surface area contributed by atoms with Crippen molar-refractivity contribution in [1.82, 2.24) is 0 Å². The Kier molecular flexibility index (Phi) is 5.08. The van der Waals surface area contributed by atoms with E-state index in [2.05, 4.69) is 0 Å². The second-order valence-electron chi connectivity index (χ2n) is 4.96. The van der Waals surface area contributed by atoms with Crippen LogP contribution in [0.15, 0.2) is 18.2 Å². The number of hydrogen-bond donors (Lipinski definition) is 1. The second-order valence-corrected chi connectivity index (χ2v) is 6.52. The third kappa shape index (κ3) is 3.67. The van der Waals surface area contributed by atoms with E-state index in [-0.39, 0.29) is 5.92 Å². The monoisotopic (exact) mass is 268 g/mol. The normalized spacial score (nSPS) is 14.5. The van der Waals surface area contributed by atoms with Crippen LogP contribution >= 0.6 is 0 Å². The van der Waals surface area contributed by atoms with E-state index < -0.39 is 22.0 Å². The highest BCUT2D eigenvalue weighted by atomic mass is 32.2. The van der Waals surface area contributed by atoms with Crippen LogP contribution in [-0.4, -0.2) is 20.5 Å². The van der Waals surface area contributed by atoms with Crippen LogP contribution in [0.1, 0.15) is 30.5 Å². The summed E-state index contributed by atoms with van der Waals surface area (Å²) in [4.78, 5) is 11.1. The molecule has 0 aliphatic rings. The van der Waals surface area contributed by atoms with Crippen LogP contribution in [0.5, 0.6) is 0 Å². The molecule has 0 saturated carbocycles. The molecule has 0 aliphatic carbocycles. The summed E-state index contributed by atoms with van der Waals surface area (Å²) in [6.07, 6.45) is 0. The molecule has 3 nitrogen and oxygen atoms in total. The van der Waals surface area contributed by atoms with Gasteiger partial charge in [-0.2, -0.15) is 0 Å². The van der Waals surface area contributed by atoms with Crippen molar-refractivity contribution in [3.63, 3.8) is 0 Å². The van der Waals surface area contributed by atoms with Crippen molar-refractivity contribution in [2.75, 3.05) is 0 Å². The van der Waals surface area contributed by atoms with E-state index in [0.717, 1.165) is 16.7 Å². The van der Waals surface area contributed by atoms with Gasteiger partial charge < -0.3 is 5.11 Å². The van der Waals surface area contributed by atoms with Crippen molar-refractivity contribution in [1.29, 1.82) is 0 Å². The number of carbonyl (C=O) groups is 1. The Morgan fingerprint density at radius 1 is 1.33 bits per heavy atom. The lowest BCUT2D eigenvalue weighted by molar-refractivity contribution is -0.137. The smallest absolute Gasteiger partial charge is 0.319 e. The van der Waals surface area contributed by atoms with E-state index >= 15 is 0 Å². The fraction of sp³-hybridized carbons (Fsp3) is 0.500. The molecule has 100 valence electrons. The molecule has 0 bridgehead atoms. The molecule has 0 aromatic heterocycles. The molecule has 2 atom stereocenters. The minimum atomic E-state index is -1.39. The summed E-state index contributed by atoms with van der Waals surface area (Å²) in [5.41, 5.74) is 3.13. The first-order chi connectivity index (χ1) is 8.32. The molecule has 0 spiro atoms. The summed E-state index contributed by atoms with van der Waals surface area (Å²) >= 11 is 0. The van der Waals surface area contributed by atoms with Crippen molar-refractivity contribution < 1.29 is 14.1 Å². The van der Waals surface area contributed by atoms with Gasteiger partial charge in [-0.25, -0.2) is 0 Å². The quantitative estimate of drug-likeness (QED) is 0.893. The molecule has 0 saturated heterocycles. The molecule has 1 N–H and O–H groups in total. The summed E-state index contributed by atoms with van der Waals surface area (Å²) in [5, 5.41) is 8.32. The fourth-order valence-corrected chi connectivity index (χ4v) is 3.53. The summed E-state index contributed by atoms with van der Waals surface area (Å²) in [7, 11) is -1.39. The second kappa shape index (κ2) is 6.14. The Morgan fingerprint density at radius 2 is 1.94 bits per heavy atom. The Bertz CT molecular complexity index is 466. The van der Waals surface area contributed by atoms with Crippen molar-refractivity contribution in [2.45, 2.75) is 38.7 Å². The third-order valence-electron chi connectivity index (χ3n) is 2.93. The minimum absolute atomic E-state index is 0.131. The van der Waals surface area contributed by atoms with Gasteiger partial charge in [0.15, 0.2) is 0 Å². The highest BCUT2D eigenvalue weighted by Gasteiger charge is 2.28. The number of carboxylic acids is 1. The van der Waals surface area contributed by atoms with Gasteiger partial charge in [-0.1, -0.05) is 37.6 Å².